The zero-order valence-corrected chi connectivity index (χ0v) is 24.2. The van der Waals surface area contributed by atoms with E-state index in [9.17, 15) is 18.0 Å². The fraction of sp³-hybridized carbons (Fsp3) is 0.370. The lowest BCUT2D eigenvalue weighted by molar-refractivity contribution is -0.131. The molecule has 0 saturated carbocycles. The Hall–Kier alpha value is -3.48. The van der Waals surface area contributed by atoms with Gasteiger partial charge in [0.15, 0.2) is 0 Å². The highest BCUT2D eigenvalue weighted by Crippen LogP contribution is 2.26. The molecule has 0 saturated heterocycles. The highest BCUT2D eigenvalue weighted by Gasteiger charge is 2.23. The number of carbonyl (C=O) groups excluding carboxylic acids is 2. The molecule has 0 atom stereocenters. The molecule has 0 aliphatic carbocycles. The van der Waals surface area contributed by atoms with Crippen molar-refractivity contribution in [1.82, 2.24) is 19.3 Å². The van der Waals surface area contributed by atoms with Crippen LogP contribution in [0, 0.1) is 6.92 Å². The van der Waals surface area contributed by atoms with Crippen molar-refractivity contribution < 1.29 is 27.5 Å². The molecule has 10 nitrogen and oxygen atoms in total. The van der Waals surface area contributed by atoms with Gasteiger partial charge < -0.3 is 14.4 Å². The molecule has 0 aliphatic rings. The SMILES string of the molecule is CCNS(=O)(=O)NC(=O)c1nc(CN(CCCc2ccccc2)C(=O)Cc2ccc(OC)cc2OC)sc1C. The quantitative estimate of drug-likeness (QED) is 0.303. The third kappa shape index (κ3) is 8.77. The van der Waals surface area contributed by atoms with Crippen molar-refractivity contribution in [3.05, 3.63) is 75.2 Å². The summed E-state index contributed by atoms with van der Waals surface area (Å²) in [5.41, 5.74) is 1.91. The molecule has 1 heterocycles. The molecule has 2 aromatic carbocycles. The second-order valence-electron chi connectivity index (χ2n) is 8.70. The van der Waals surface area contributed by atoms with Gasteiger partial charge in [-0.2, -0.15) is 13.1 Å². The first-order valence-corrected chi connectivity index (χ1v) is 14.8. The molecular formula is C27H34N4O6S2. The van der Waals surface area contributed by atoms with Crippen LogP contribution in [0.15, 0.2) is 48.5 Å². The number of thiazole rings is 1. The molecular weight excluding hydrogens is 540 g/mol. The summed E-state index contributed by atoms with van der Waals surface area (Å²) in [6.45, 7) is 4.11. The number of hydrogen-bond donors (Lipinski definition) is 2. The highest BCUT2D eigenvalue weighted by molar-refractivity contribution is 7.88. The molecule has 3 rings (SSSR count). The zero-order chi connectivity index (χ0) is 28.4. The van der Waals surface area contributed by atoms with Crippen molar-refractivity contribution >= 4 is 33.4 Å². The number of rotatable bonds is 14. The van der Waals surface area contributed by atoms with Crippen LogP contribution in [-0.2, 0) is 34.4 Å². The van der Waals surface area contributed by atoms with Gasteiger partial charge in [-0.25, -0.2) is 9.71 Å². The third-order valence-electron chi connectivity index (χ3n) is 5.87. The van der Waals surface area contributed by atoms with Crippen molar-refractivity contribution in [2.45, 2.75) is 39.7 Å². The van der Waals surface area contributed by atoms with Gasteiger partial charge in [-0.15, -0.1) is 11.3 Å². The first-order chi connectivity index (χ1) is 18.7. The summed E-state index contributed by atoms with van der Waals surface area (Å²) >= 11 is 1.25. The lowest BCUT2D eigenvalue weighted by atomic mass is 10.1. The number of aromatic nitrogens is 1. The largest absolute Gasteiger partial charge is 0.497 e. The van der Waals surface area contributed by atoms with E-state index in [2.05, 4.69) is 9.71 Å². The normalized spacial score (nSPS) is 11.2. The third-order valence-corrected chi connectivity index (χ3v) is 7.95. The Balaban J connectivity index is 1.79. The average Bonchev–Trinajstić information content (AvgIpc) is 3.28. The van der Waals surface area contributed by atoms with E-state index in [-0.39, 0.29) is 31.1 Å². The molecule has 3 aromatic rings. The molecule has 2 amide bonds. The molecule has 0 fully saturated rings. The van der Waals surface area contributed by atoms with E-state index in [1.807, 2.05) is 35.1 Å². The smallest absolute Gasteiger partial charge is 0.301 e. The number of aryl methyl sites for hydroxylation is 2. The Labute approximate surface area is 233 Å². The first kappa shape index (κ1) is 30.1. The fourth-order valence-corrected chi connectivity index (χ4v) is 5.71. The van der Waals surface area contributed by atoms with Gasteiger partial charge in [0.25, 0.3) is 5.91 Å². The number of amides is 2. The Morgan fingerprint density at radius 3 is 2.49 bits per heavy atom. The Kier molecular flexibility index (Phi) is 10.8. The van der Waals surface area contributed by atoms with Gasteiger partial charge in [-0.05, 0) is 31.4 Å². The number of benzene rings is 2. The Morgan fingerprint density at radius 2 is 1.82 bits per heavy atom. The molecule has 0 radical (unpaired) electrons. The van der Waals surface area contributed by atoms with Gasteiger partial charge in [0, 0.05) is 29.6 Å². The second-order valence-corrected chi connectivity index (χ2v) is 11.5. The minimum atomic E-state index is -3.98. The molecule has 210 valence electrons. The van der Waals surface area contributed by atoms with Crippen LogP contribution in [-0.4, -0.2) is 57.4 Å². The van der Waals surface area contributed by atoms with Crippen LogP contribution in [0.5, 0.6) is 11.5 Å². The van der Waals surface area contributed by atoms with Crippen LogP contribution in [0.1, 0.15) is 44.8 Å². The summed E-state index contributed by atoms with van der Waals surface area (Å²) in [7, 11) is -0.871. The maximum Gasteiger partial charge on any atom is 0.301 e. The van der Waals surface area contributed by atoms with Crippen molar-refractivity contribution in [2.75, 3.05) is 27.3 Å². The van der Waals surface area contributed by atoms with Crippen LogP contribution in [0.25, 0.3) is 0 Å². The molecule has 39 heavy (non-hydrogen) atoms. The molecule has 0 unspecified atom stereocenters. The lowest BCUT2D eigenvalue weighted by Crippen LogP contribution is -2.40. The van der Waals surface area contributed by atoms with E-state index in [0.717, 1.165) is 18.4 Å². The van der Waals surface area contributed by atoms with Crippen LogP contribution in [0.4, 0.5) is 0 Å². The number of nitrogens with one attached hydrogen (secondary N) is 2. The Bertz CT molecular complexity index is 1380. The average molecular weight is 575 g/mol. The molecule has 1 aromatic heterocycles. The molecule has 12 heteroatoms. The minimum absolute atomic E-state index is 0.0185. The number of methoxy groups -OCH3 is 2. The van der Waals surface area contributed by atoms with Gasteiger partial charge >= 0.3 is 10.2 Å². The summed E-state index contributed by atoms with van der Waals surface area (Å²) in [6, 6.07) is 15.3. The number of ether oxygens (including phenoxy) is 2. The molecule has 0 bridgehead atoms. The van der Waals surface area contributed by atoms with Crippen molar-refractivity contribution in [3.8, 4) is 11.5 Å². The van der Waals surface area contributed by atoms with Gasteiger partial charge in [0.1, 0.15) is 22.2 Å². The van der Waals surface area contributed by atoms with Gasteiger partial charge in [0.2, 0.25) is 5.91 Å². The van der Waals surface area contributed by atoms with Crippen LogP contribution >= 0.6 is 11.3 Å². The maximum atomic E-state index is 13.5. The molecule has 2 N–H and O–H groups in total. The minimum Gasteiger partial charge on any atom is -0.497 e. The van der Waals surface area contributed by atoms with E-state index in [1.54, 1.807) is 51.2 Å². The second kappa shape index (κ2) is 14.1. The van der Waals surface area contributed by atoms with Crippen LogP contribution in [0.2, 0.25) is 0 Å². The van der Waals surface area contributed by atoms with Gasteiger partial charge in [-0.1, -0.05) is 43.3 Å². The van der Waals surface area contributed by atoms with E-state index in [4.69, 9.17) is 9.47 Å². The molecule has 0 spiro atoms. The van der Waals surface area contributed by atoms with E-state index in [0.29, 0.717) is 27.9 Å². The van der Waals surface area contributed by atoms with Crippen molar-refractivity contribution in [3.63, 3.8) is 0 Å². The van der Waals surface area contributed by atoms with E-state index in [1.165, 1.54) is 16.9 Å². The summed E-state index contributed by atoms with van der Waals surface area (Å²) < 4.78 is 38.8. The van der Waals surface area contributed by atoms with Crippen LogP contribution in [0.3, 0.4) is 0 Å². The van der Waals surface area contributed by atoms with Gasteiger partial charge in [-0.3, -0.25) is 9.59 Å². The van der Waals surface area contributed by atoms with Crippen molar-refractivity contribution in [2.24, 2.45) is 0 Å². The predicted octanol–water partition coefficient (Wildman–Crippen LogP) is 3.26. The summed E-state index contributed by atoms with van der Waals surface area (Å²) in [5.74, 6) is 0.238. The predicted molar refractivity (Wildman–Crippen MR) is 150 cm³/mol. The van der Waals surface area contributed by atoms with E-state index < -0.39 is 16.1 Å². The van der Waals surface area contributed by atoms with Crippen LogP contribution < -0.4 is 18.9 Å². The fourth-order valence-electron chi connectivity index (χ4n) is 3.97. The first-order valence-electron chi connectivity index (χ1n) is 12.5. The monoisotopic (exact) mass is 574 g/mol. The number of hydrogen-bond acceptors (Lipinski definition) is 8. The maximum absolute atomic E-state index is 13.5. The zero-order valence-electron chi connectivity index (χ0n) is 22.5. The topological polar surface area (TPSA) is 127 Å². The summed E-state index contributed by atoms with van der Waals surface area (Å²) in [4.78, 5) is 32.8. The lowest BCUT2D eigenvalue weighted by Gasteiger charge is -2.22. The van der Waals surface area contributed by atoms with Gasteiger partial charge in [0.05, 0.1) is 27.2 Å². The molecule has 0 aliphatic heterocycles. The van der Waals surface area contributed by atoms with Crippen molar-refractivity contribution in [1.29, 1.82) is 0 Å². The number of nitrogens with zero attached hydrogens (tertiary/aromatic N) is 2. The summed E-state index contributed by atoms with van der Waals surface area (Å²) in [5, 5.41) is 0.535. The standard InChI is InChI=1S/C27H34N4O6S2/c1-5-28-39(34,35)30-27(33)26-19(2)38-24(29-26)18-31(15-9-12-20-10-7-6-8-11-20)25(32)16-21-13-14-22(36-3)17-23(21)37-4/h6-8,10-11,13-14,17,28H,5,9,12,15-16,18H2,1-4H3,(H,30,33). The summed E-state index contributed by atoms with van der Waals surface area (Å²) in [6.07, 6.45) is 1.63. The van der Waals surface area contributed by atoms with E-state index >= 15 is 0 Å². The number of carbonyl (C=O) groups is 2. The highest BCUT2D eigenvalue weighted by atomic mass is 32.2. The Morgan fingerprint density at radius 1 is 1.08 bits per heavy atom.